The number of methoxy groups -OCH3 is 1. The van der Waals surface area contributed by atoms with Crippen molar-refractivity contribution in [1.82, 2.24) is 20.4 Å². The number of benzene rings is 2. The molecule has 0 unspecified atom stereocenters. The highest BCUT2D eigenvalue weighted by Gasteiger charge is 2.13. The first kappa shape index (κ1) is 19.3. The van der Waals surface area contributed by atoms with Gasteiger partial charge in [0.15, 0.2) is 5.82 Å². The standard InChI is InChI=1S/C22H27N5O2/c1-29-20-8-4-3-7-17(20)16-9-10-18-19(15-16)25-26-21(18)24-22(28)23-11-14-27-12-5-2-6-13-27/h3-4,7-10,15H,2,5-6,11-14H2,1H3,(H3,23,24,25,26,28). The number of urea groups is 1. The molecule has 2 heterocycles. The molecule has 3 N–H and O–H groups in total. The summed E-state index contributed by atoms with van der Waals surface area (Å²) in [6, 6.07) is 13.6. The first-order valence-corrected chi connectivity index (χ1v) is 10.1. The molecule has 1 fully saturated rings. The van der Waals surface area contributed by atoms with Crippen molar-refractivity contribution in [2.75, 3.05) is 38.6 Å². The molecule has 3 aromatic rings. The van der Waals surface area contributed by atoms with E-state index < -0.39 is 0 Å². The first-order valence-electron chi connectivity index (χ1n) is 10.1. The minimum Gasteiger partial charge on any atom is -0.496 e. The van der Waals surface area contributed by atoms with Gasteiger partial charge >= 0.3 is 6.03 Å². The zero-order valence-electron chi connectivity index (χ0n) is 16.7. The predicted molar refractivity (Wildman–Crippen MR) is 115 cm³/mol. The molecule has 7 heteroatoms. The fourth-order valence-corrected chi connectivity index (χ4v) is 3.83. The first-order chi connectivity index (χ1) is 14.2. The molecule has 1 aliphatic rings. The van der Waals surface area contributed by atoms with Gasteiger partial charge in [0.25, 0.3) is 0 Å². The number of carbonyl (C=O) groups excluding carboxylic acids is 1. The Morgan fingerprint density at radius 3 is 2.83 bits per heavy atom. The lowest BCUT2D eigenvalue weighted by Crippen LogP contribution is -2.39. The van der Waals surface area contributed by atoms with E-state index in [-0.39, 0.29) is 6.03 Å². The van der Waals surface area contributed by atoms with Crippen LogP contribution in [0.15, 0.2) is 42.5 Å². The second kappa shape index (κ2) is 8.96. The van der Waals surface area contributed by atoms with Crippen molar-refractivity contribution in [3.05, 3.63) is 42.5 Å². The van der Waals surface area contributed by atoms with Crippen molar-refractivity contribution in [2.45, 2.75) is 19.3 Å². The molecule has 0 radical (unpaired) electrons. The molecular formula is C22H27N5O2. The monoisotopic (exact) mass is 393 g/mol. The molecule has 29 heavy (non-hydrogen) atoms. The highest BCUT2D eigenvalue weighted by atomic mass is 16.5. The number of rotatable bonds is 6. The molecular weight excluding hydrogens is 366 g/mol. The molecule has 2 aromatic carbocycles. The number of nitrogens with one attached hydrogen (secondary N) is 3. The zero-order valence-corrected chi connectivity index (χ0v) is 16.7. The van der Waals surface area contributed by atoms with Crippen LogP contribution in [0.2, 0.25) is 0 Å². The summed E-state index contributed by atoms with van der Waals surface area (Å²) in [4.78, 5) is 14.7. The van der Waals surface area contributed by atoms with Crippen LogP contribution in [0.4, 0.5) is 10.6 Å². The normalized spacial score (nSPS) is 14.7. The Morgan fingerprint density at radius 1 is 1.17 bits per heavy atom. The number of ether oxygens (including phenoxy) is 1. The van der Waals surface area contributed by atoms with E-state index in [2.05, 4.69) is 25.7 Å². The molecule has 0 spiro atoms. The van der Waals surface area contributed by atoms with Crippen LogP contribution in [-0.4, -0.2) is 54.4 Å². The van der Waals surface area contributed by atoms with E-state index in [4.69, 9.17) is 4.74 Å². The second-order valence-electron chi connectivity index (χ2n) is 7.32. The van der Waals surface area contributed by atoms with Crippen LogP contribution in [0.3, 0.4) is 0 Å². The molecule has 0 bridgehead atoms. The smallest absolute Gasteiger partial charge is 0.320 e. The van der Waals surface area contributed by atoms with Crippen LogP contribution < -0.4 is 15.4 Å². The van der Waals surface area contributed by atoms with E-state index in [0.29, 0.717) is 12.4 Å². The lowest BCUT2D eigenvalue weighted by Gasteiger charge is -2.26. The third-order valence-corrected chi connectivity index (χ3v) is 5.38. The minimum absolute atomic E-state index is 0.232. The van der Waals surface area contributed by atoms with Gasteiger partial charge in [-0.2, -0.15) is 5.10 Å². The number of aromatic amines is 1. The van der Waals surface area contributed by atoms with Crippen LogP contribution in [0, 0.1) is 0 Å². The Labute approximate surface area is 170 Å². The predicted octanol–water partition coefficient (Wildman–Crippen LogP) is 3.85. The van der Waals surface area contributed by atoms with E-state index in [0.717, 1.165) is 47.4 Å². The van der Waals surface area contributed by atoms with E-state index in [1.54, 1.807) is 7.11 Å². The van der Waals surface area contributed by atoms with Gasteiger partial charge in [-0.15, -0.1) is 0 Å². The molecule has 4 rings (SSSR count). The summed E-state index contributed by atoms with van der Waals surface area (Å²) < 4.78 is 5.46. The fraction of sp³-hybridized carbons (Fsp3) is 0.364. The van der Waals surface area contributed by atoms with Crippen molar-refractivity contribution in [3.63, 3.8) is 0 Å². The SMILES string of the molecule is COc1ccccc1-c1ccc2c(NC(=O)NCCN3CCCCC3)n[nH]c2c1. The fourth-order valence-electron chi connectivity index (χ4n) is 3.83. The lowest BCUT2D eigenvalue weighted by molar-refractivity contribution is 0.224. The summed E-state index contributed by atoms with van der Waals surface area (Å²) in [6.07, 6.45) is 3.82. The molecule has 2 amide bonds. The van der Waals surface area contributed by atoms with Gasteiger partial charge in [0.1, 0.15) is 5.75 Å². The Morgan fingerprint density at radius 2 is 2.00 bits per heavy atom. The number of para-hydroxylation sites is 1. The maximum atomic E-state index is 12.3. The van der Waals surface area contributed by atoms with Crippen molar-refractivity contribution in [3.8, 4) is 16.9 Å². The van der Waals surface area contributed by atoms with E-state index >= 15 is 0 Å². The zero-order chi connectivity index (χ0) is 20.1. The Kier molecular flexibility index (Phi) is 5.95. The van der Waals surface area contributed by atoms with Crippen LogP contribution >= 0.6 is 0 Å². The van der Waals surface area contributed by atoms with Crippen molar-refractivity contribution in [2.24, 2.45) is 0 Å². The highest BCUT2D eigenvalue weighted by Crippen LogP contribution is 2.32. The van der Waals surface area contributed by atoms with E-state index in [1.165, 1.54) is 19.3 Å². The van der Waals surface area contributed by atoms with Gasteiger partial charge in [-0.05, 0) is 49.7 Å². The molecule has 0 atom stereocenters. The van der Waals surface area contributed by atoms with Crippen molar-refractivity contribution < 1.29 is 9.53 Å². The summed E-state index contributed by atoms with van der Waals surface area (Å²) >= 11 is 0. The lowest BCUT2D eigenvalue weighted by atomic mass is 10.0. The Hall–Kier alpha value is -3.06. The Bertz CT molecular complexity index is 978. The van der Waals surface area contributed by atoms with Gasteiger partial charge in [-0.3, -0.25) is 10.4 Å². The number of piperidine rings is 1. The molecule has 0 aliphatic carbocycles. The van der Waals surface area contributed by atoms with Gasteiger partial charge in [-0.1, -0.05) is 30.7 Å². The number of anilines is 1. The number of likely N-dealkylation sites (tertiary alicyclic amines) is 1. The van der Waals surface area contributed by atoms with E-state index in [9.17, 15) is 4.79 Å². The van der Waals surface area contributed by atoms with Crippen LogP contribution in [-0.2, 0) is 0 Å². The number of aromatic nitrogens is 2. The maximum absolute atomic E-state index is 12.3. The van der Waals surface area contributed by atoms with E-state index in [1.807, 2.05) is 42.5 Å². The van der Waals surface area contributed by atoms with Crippen LogP contribution in [0.5, 0.6) is 5.75 Å². The number of amides is 2. The Balaban J connectivity index is 1.40. The second-order valence-corrected chi connectivity index (χ2v) is 7.32. The van der Waals surface area contributed by atoms with Crippen LogP contribution in [0.1, 0.15) is 19.3 Å². The maximum Gasteiger partial charge on any atom is 0.320 e. The number of fused-ring (bicyclic) bond motifs is 1. The summed E-state index contributed by atoms with van der Waals surface area (Å²) in [6.45, 7) is 3.77. The third-order valence-electron chi connectivity index (χ3n) is 5.38. The quantitative estimate of drug-likeness (QED) is 0.594. The summed E-state index contributed by atoms with van der Waals surface area (Å²) in [5.41, 5.74) is 2.89. The van der Waals surface area contributed by atoms with Crippen molar-refractivity contribution >= 4 is 22.8 Å². The number of hydrogen-bond acceptors (Lipinski definition) is 4. The largest absolute Gasteiger partial charge is 0.496 e. The van der Waals surface area contributed by atoms with Gasteiger partial charge in [0.05, 0.1) is 12.6 Å². The highest BCUT2D eigenvalue weighted by molar-refractivity contribution is 6.00. The van der Waals surface area contributed by atoms with Crippen LogP contribution in [0.25, 0.3) is 22.0 Å². The number of nitrogens with zero attached hydrogens (tertiary/aromatic N) is 2. The molecule has 7 nitrogen and oxygen atoms in total. The van der Waals surface area contributed by atoms with Gasteiger partial charge < -0.3 is 15.0 Å². The number of H-pyrrole nitrogens is 1. The molecule has 0 saturated carbocycles. The average molecular weight is 393 g/mol. The molecule has 1 saturated heterocycles. The van der Waals surface area contributed by atoms with Gasteiger partial charge in [0.2, 0.25) is 0 Å². The number of hydrogen-bond donors (Lipinski definition) is 3. The average Bonchev–Trinajstić information content (AvgIpc) is 3.16. The minimum atomic E-state index is -0.232. The molecule has 1 aliphatic heterocycles. The van der Waals surface area contributed by atoms with Gasteiger partial charge in [0, 0.05) is 24.0 Å². The van der Waals surface area contributed by atoms with Crippen molar-refractivity contribution in [1.29, 1.82) is 0 Å². The summed E-state index contributed by atoms with van der Waals surface area (Å²) in [5.74, 6) is 1.35. The third kappa shape index (κ3) is 4.51. The van der Waals surface area contributed by atoms with Gasteiger partial charge in [-0.25, -0.2) is 4.79 Å². The number of carbonyl (C=O) groups is 1. The summed E-state index contributed by atoms with van der Waals surface area (Å²) in [7, 11) is 1.67. The molecule has 152 valence electrons. The molecule has 1 aromatic heterocycles. The topological polar surface area (TPSA) is 82.3 Å². The summed E-state index contributed by atoms with van der Waals surface area (Å²) in [5, 5.41) is 13.9.